The van der Waals surface area contributed by atoms with Crippen LogP contribution in [0.2, 0.25) is 0 Å². The standard InChI is InChI=1S/C25H22F3N3O3/c26-25(27,28)18-7-3-6-17(14-18)24(33)31-13-5-9-20(31)16-34-22-10-4-12-30-23(22)21(32)15-19-8-1-2-11-29-19/h1-4,6-8,10-12,14,20H,5,9,13,15-16H2/t20-/m1/s1. The van der Waals surface area contributed by atoms with Crippen molar-refractivity contribution in [1.29, 1.82) is 0 Å². The van der Waals surface area contributed by atoms with Crippen LogP contribution in [0.5, 0.6) is 5.75 Å². The second-order valence-corrected chi connectivity index (χ2v) is 7.96. The van der Waals surface area contributed by atoms with Crippen molar-refractivity contribution in [2.24, 2.45) is 0 Å². The number of ketones is 1. The Labute approximate surface area is 194 Å². The van der Waals surface area contributed by atoms with Crippen LogP contribution in [-0.4, -0.2) is 45.8 Å². The molecule has 0 radical (unpaired) electrons. The number of amides is 1. The third-order valence-electron chi connectivity index (χ3n) is 5.61. The van der Waals surface area contributed by atoms with Gasteiger partial charge in [0.2, 0.25) is 0 Å². The lowest BCUT2D eigenvalue weighted by Gasteiger charge is -2.25. The summed E-state index contributed by atoms with van der Waals surface area (Å²) in [6.07, 6.45) is -0.00830. The maximum Gasteiger partial charge on any atom is 0.416 e. The molecule has 1 atom stereocenters. The maximum absolute atomic E-state index is 13.1. The van der Waals surface area contributed by atoms with Gasteiger partial charge in [0.25, 0.3) is 5.91 Å². The van der Waals surface area contributed by atoms with Crippen LogP contribution in [0.1, 0.15) is 44.9 Å². The largest absolute Gasteiger partial charge is 0.489 e. The topological polar surface area (TPSA) is 72.4 Å². The number of carbonyl (C=O) groups is 2. The predicted octanol–water partition coefficient (Wildman–Crippen LogP) is 4.60. The van der Waals surface area contributed by atoms with E-state index in [2.05, 4.69) is 9.97 Å². The highest BCUT2D eigenvalue weighted by atomic mass is 19.4. The molecule has 1 amide bonds. The number of hydrogen-bond donors (Lipinski definition) is 0. The molecule has 0 aliphatic carbocycles. The second kappa shape index (κ2) is 10.0. The number of pyridine rings is 2. The lowest BCUT2D eigenvalue weighted by molar-refractivity contribution is -0.137. The number of likely N-dealkylation sites (tertiary alicyclic amines) is 1. The molecule has 0 saturated carbocycles. The molecular formula is C25H22F3N3O3. The van der Waals surface area contributed by atoms with Crippen LogP contribution in [0.15, 0.2) is 67.0 Å². The molecule has 0 N–H and O–H groups in total. The molecule has 176 valence electrons. The third-order valence-corrected chi connectivity index (χ3v) is 5.61. The Bertz CT molecular complexity index is 1170. The van der Waals surface area contributed by atoms with Crippen LogP contribution in [0.4, 0.5) is 13.2 Å². The molecule has 1 aliphatic rings. The quantitative estimate of drug-likeness (QED) is 0.473. The van der Waals surface area contributed by atoms with Gasteiger partial charge in [-0.25, -0.2) is 4.98 Å². The normalized spacial score (nSPS) is 15.9. The van der Waals surface area contributed by atoms with Gasteiger partial charge in [-0.3, -0.25) is 14.6 Å². The molecule has 4 rings (SSSR count). The van der Waals surface area contributed by atoms with Crippen molar-refractivity contribution in [3.8, 4) is 5.75 Å². The molecule has 1 fully saturated rings. The predicted molar refractivity (Wildman–Crippen MR) is 118 cm³/mol. The van der Waals surface area contributed by atoms with Crippen LogP contribution in [0.25, 0.3) is 0 Å². The van der Waals surface area contributed by atoms with E-state index >= 15 is 0 Å². The Morgan fingerprint density at radius 3 is 2.62 bits per heavy atom. The van der Waals surface area contributed by atoms with E-state index in [0.29, 0.717) is 30.8 Å². The lowest BCUT2D eigenvalue weighted by atomic mass is 10.1. The number of carbonyl (C=O) groups excluding carboxylic acids is 2. The molecule has 34 heavy (non-hydrogen) atoms. The summed E-state index contributed by atoms with van der Waals surface area (Å²) in [7, 11) is 0. The maximum atomic E-state index is 13.1. The molecule has 9 heteroatoms. The minimum absolute atomic E-state index is 0.0191. The molecule has 0 spiro atoms. The van der Waals surface area contributed by atoms with E-state index in [1.165, 1.54) is 23.2 Å². The van der Waals surface area contributed by atoms with Gasteiger partial charge in [-0.05, 0) is 55.3 Å². The minimum atomic E-state index is -4.53. The fourth-order valence-corrected chi connectivity index (χ4v) is 3.92. The summed E-state index contributed by atoms with van der Waals surface area (Å²) >= 11 is 0. The van der Waals surface area contributed by atoms with E-state index in [9.17, 15) is 22.8 Å². The number of halogens is 3. The summed E-state index contributed by atoms with van der Waals surface area (Å²) in [6.45, 7) is 0.516. The van der Waals surface area contributed by atoms with Crippen molar-refractivity contribution in [1.82, 2.24) is 14.9 Å². The van der Waals surface area contributed by atoms with E-state index < -0.39 is 17.6 Å². The highest BCUT2D eigenvalue weighted by Crippen LogP contribution is 2.30. The van der Waals surface area contributed by atoms with Crippen molar-refractivity contribution >= 4 is 11.7 Å². The summed E-state index contributed by atoms with van der Waals surface area (Å²) in [6, 6.07) is 12.7. The van der Waals surface area contributed by atoms with Crippen molar-refractivity contribution < 1.29 is 27.5 Å². The summed E-state index contributed by atoms with van der Waals surface area (Å²) in [5, 5.41) is 0. The Hall–Kier alpha value is -3.75. The van der Waals surface area contributed by atoms with Crippen molar-refractivity contribution in [2.75, 3.05) is 13.2 Å². The summed E-state index contributed by atoms with van der Waals surface area (Å²) < 4.78 is 45.1. The van der Waals surface area contributed by atoms with Crippen molar-refractivity contribution in [3.05, 3.63) is 89.5 Å². The first-order chi connectivity index (χ1) is 16.3. The van der Waals surface area contributed by atoms with Gasteiger partial charge in [0.05, 0.1) is 18.0 Å². The molecule has 1 aliphatic heterocycles. The fraction of sp³-hybridized carbons (Fsp3) is 0.280. The highest BCUT2D eigenvalue weighted by Gasteiger charge is 2.34. The molecule has 3 heterocycles. The van der Waals surface area contributed by atoms with Crippen molar-refractivity contribution in [2.45, 2.75) is 31.5 Å². The Morgan fingerprint density at radius 2 is 1.85 bits per heavy atom. The Balaban J connectivity index is 1.45. The molecular weight excluding hydrogens is 447 g/mol. The van der Waals surface area contributed by atoms with E-state index in [1.807, 2.05) is 0 Å². The molecule has 1 saturated heterocycles. The van der Waals surface area contributed by atoms with Gasteiger partial charge in [0.1, 0.15) is 18.1 Å². The first kappa shape index (κ1) is 23.4. The first-order valence-corrected chi connectivity index (χ1v) is 10.8. The van der Waals surface area contributed by atoms with Crippen LogP contribution >= 0.6 is 0 Å². The number of Topliss-reactive ketones (excluding diaryl/α,β-unsaturated/α-hetero) is 1. The van der Waals surface area contributed by atoms with E-state index in [-0.39, 0.29) is 36.1 Å². The highest BCUT2D eigenvalue weighted by molar-refractivity contribution is 5.98. The van der Waals surface area contributed by atoms with Gasteiger partial charge in [0, 0.05) is 30.2 Å². The number of hydrogen-bond acceptors (Lipinski definition) is 5. The monoisotopic (exact) mass is 469 g/mol. The molecule has 2 aromatic heterocycles. The van der Waals surface area contributed by atoms with Crippen LogP contribution in [0.3, 0.4) is 0 Å². The number of aromatic nitrogens is 2. The zero-order valence-corrected chi connectivity index (χ0v) is 18.2. The lowest BCUT2D eigenvalue weighted by Crippen LogP contribution is -2.39. The fourth-order valence-electron chi connectivity index (χ4n) is 3.92. The summed E-state index contributed by atoms with van der Waals surface area (Å²) in [4.78, 5) is 35.6. The minimum Gasteiger partial charge on any atom is -0.489 e. The van der Waals surface area contributed by atoms with Crippen LogP contribution in [0, 0.1) is 0 Å². The molecule has 6 nitrogen and oxygen atoms in total. The molecule has 1 aromatic carbocycles. The molecule has 3 aromatic rings. The van der Waals surface area contributed by atoms with Gasteiger partial charge >= 0.3 is 6.18 Å². The van der Waals surface area contributed by atoms with Gasteiger partial charge < -0.3 is 9.64 Å². The van der Waals surface area contributed by atoms with Gasteiger partial charge in [-0.15, -0.1) is 0 Å². The van der Waals surface area contributed by atoms with Gasteiger partial charge in [-0.2, -0.15) is 13.2 Å². The number of nitrogens with zero attached hydrogens (tertiary/aromatic N) is 3. The summed E-state index contributed by atoms with van der Waals surface area (Å²) in [5.41, 5.74) is -0.106. The molecule has 0 bridgehead atoms. The van der Waals surface area contributed by atoms with Crippen LogP contribution in [-0.2, 0) is 12.6 Å². The number of rotatable bonds is 7. The van der Waals surface area contributed by atoms with Crippen molar-refractivity contribution in [3.63, 3.8) is 0 Å². The first-order valence-electron chi connectivity index (χ1n) is 10.8. The Kier molecular flexibility index (Phi) is 6.90. The SMILES string of the molecule is O=C(Cc1ccccn1)c1ncccc1OC[C@H]1CCCN1C(=O)c1cccc(C(F)(F)F)c1. The average molecular weight is 469 g/mol. The number of alkyl halides is 3. The zero-order chi connectivity index (χ0) is 24.1. The van der Waals surface area contributed by atoms with Crippen LogP contribution < -0.4 is 4.74 Å². The third kappa shape index (κ3) is 5.41. The van der Waals surface area contributed by atoms with Gasteiger partial charge in [-0.1, -0.05) is 12.1 Å². The number of benzene rings is 1. The van der Waals surface area contributed by atoms with E-state index in [0.717, 1.165) is 12.1 Å². The van der Waals surface area contributed by atoms with Gasteiger partial charge in [0.15, 0.2) is 5.78 Å². The van der Waals surface area contributed by atoms with E-state index in [1.54, 1.807) is 36.5 Å². The van der Waals surface area contributed by atoms with E-state index in [4.69, 9.17) is 4.74 Å². The second-order valence-electron chi connectivity index (χ2n) is 7.96. The number of ether oxygens (including phenoxy) is 1. The molecule has 0 unspecified atom stereocenters. The average Bonchev–Trinajstić information content (AvgIpc) is 3.31. The Morgan fingerprint density at radius 1 is 1.03 bits per heavy atom. The zero-order valence-electron chi connectivity index (χ0n) is 18.2. The smallest absolute Gasteiger partial charge is 0.416 e. The summed E-state index contributed by atoms with van der Waals surface area (Å²) in [5.74, 6) is -0.436.